The van der Waals surface area contributed by atoms with Crippen molar-refractivity contribution in [1.29, 1.82) is 0 Å². The maximum Gasteiger partial charge on any atom is 0.225 e. The Kier molecular flexibility index (Phi) is 2.95. The number of carbonyl (C=O) groups is 2. The minimum Gasteiger partial charge on any atom is -0.369 e. The predicted octanol–water partition coefficient (Wildman–Crippen LogP) is -0.569. The van der Waals surface area contributed by atoms with E-state index in [0.717, 1.165) is 5.37 Å². The Balaban J connectivity index is 3.55. The van der Waals surface area contributed by atoms with Crippen molar-refractivity contribution in [3.8, 4) is 0 Å². The van der Waals surface area contributed by atoms with Gasteiger partial charge in [-0.15, -0.1) is 0 Å². The van der Waals surface area contributed by atoms with Gasteiger partial charge in [0.25, 0.3) is 0 Å². The first kappa shape index (κ1) is 7.23. The third-order valence-electron chi connectivity index (χ3n) is 0.480. The average Bonchev–Trinajstić information content (AvgIpc) is 1.65. The molecule has 0 aromatic rings. The van der Waals surface area contributed by atoms with Gasteiger partial charge in [-0.05, 0) is 0 Å². The second kappa shape index (κ2) is 3.26. The van der Waals surface area contributed by atoms with E-state index in [1.54, 1.807) is 0 Å². The molecule has 0 rings (SSSR count). The number of amides is 1. The number of nitrogens with two attached hydrogens (primary N) is 1. The SMILES string of the molecule is NC(=O)CC(=O)C=S. The average molecular weight is 131 g/mol. The summed E-state index contributed by atoms with van der Waals surface area (Å²) in [4.78, 5) is 20.1. The van der Waals surface area contributed by atoms with Crippen LogP contribution in [-0.2, 0) is 9.59 Å². The second-order valence-corrected chi connectivity index (χ2v) is 1.46. The van der Waals surface area contributed by atoms with Crippen molar-refractivity contribution >= 4 is 29.3 Å². The zero-order valence-electron chi connectivity index (χ0n) is 4.09. The highest BCUT2D eigenvalue weighted by atomic mass is 32.1. The van der Waals surface area contributed by atoms with Crippen LogP contribution >= 0.6 is 12.2 Å². The van der Waals surface area contributed by atoms with Crippen molar-refractivity contribution in [2.24, 2.45) is 5.73 Å². The van der Waals surface area contributed by atoms with Gasteiger partial charge in [-0.2, -0.15) is 0 Å². The maximum absolute atomic E-state index is 10.2. The van der Waals surface area contributed by atoms with Gasteiger partial charge in [0, 0.05) is 5.37 Å². The molecule has 0 radical (unpaired) electrons. The van der Waals surface area contributed by atoms with E-state index < -0.39 is 11.7 Å². The summed E-state index contributed by atoms with van der Waals surface area (Å²) in [6.07, 6.45) is -0.274. The highest BCUT2D eigenvalue weighted by molar-refractivity contribution is 7.80. The molecular weight excluding hydrogens is 126 g/mol. The van der Waals surface area contributed by atoms with Crippen LogP contribution < -0.4 is 5.73 Å². The first-order chi connectivity index (χ1) is 3.66. The number of hydrogen-bond donors (Lipinski definition) is 1. The summed E-state index contributed by atoms with van der Waals surface area (Å²) in [5.74, 6) is -1.05. The molecule has 4 heteroatoms. The molecule has 3 nitrogen and oxygen atoms in total. The molecule has 0 spiro atoms. The Labute approximate surface area is 51.9 Å². The molecule has 0 unspecified atom stereocenters. The van der Waals surface area contributed by atoms with Gasteiger partial charge in [0.05, 0.1) is 6.42 Å². The molecule has 0 atom stereocenters. The monoisotopic (exact) mass is 131 g/mol. The molecule has 0 fully saturated rings. The molecule has 0 aromatic heterocycles. The number of hydrogen-bond acceptors (Lipinski definition) is 3. The van der Waals surface area contributed by atoms with Crippen molar-refractivity contribution in [3.05, 3.63) is 0 Å². The molecule has 1 amide bonds. The molecule has 0 saturated heterocycles. The van der Waals surface area contributed by atoms with Crippen LogP contribution in [0.15, 0.2) is 0 Å². The quantitative estimate of drug-likeness (QED) is 0.412. The molecule has 0 aromatic carbocycles. The number of Topliss-reactive ketones (excluding diaryl/α,β-unsaturated/α-hetero) is 1. The molecule has 8 heavy (non-hydrogen) atoms. The maximum atomic E-state index is 10.2. The van der Waals surface area contributed by atoms with Gasteiger partial charge in [-0.1, -0.05) is 12.2 Å². The van der Waals surface area contributed by atoms with Crippen LogP contribution in [0, 0.1) is 0 Å². The largest absolute Gasteiger partial charge is 0.369 e. The fraction of sp³-hybridized carbons (Fsp3) is 0.250. The lowest BCUT2D eigenvalue weighted by Gasteiger charge is -1.83. The van der Waals surface area contributed by atoms with Crippen LogP contribution in [0.3, 0.4) is 0 Å². The third kappa shape index (κ3) is 3.42. The summed E-state index contributed by atoms with van der Waals surface area (Å²) in [5, 5.41) is 0.908. The fourth-order valence-corrected chi connectivity index (χ4v) is 0.297. The molecule has 44 valence electrons. The molecule has 0 aliphatic heterocycles. The number of carbonyl (C=O) groups excluding carboxylic acids is 2. The van der Waals surface area contributed by atoms with E-state index in [9.17, 15) is 9.59 Å². The fourth-order valence-electron chi connectivity index (χ4n) is 0.213. The van der Waals surface area contributed by atoms with Gasteiger partial charge in [-0.25, -0.2) is 0 Å². The third-order valence-corrected chi connectivity index (χ3v) is 0.743. The number of primary amides is 1. The van der Waals surface area contributed by atoms with Gasteiger partial charge < -0.3 is 5.73 Å². The van der Waals surface area contributed by atoms with E-state index in [4.69, 9.17) is 0 Å². The van der Waals surface area contributed by atoms with Crippen LogP contribution in [0.1, 0.15) is 6.42 Å². The number of ketones is 1. The first-order valence-corrected chi connectivity index (χ1v) is 2.40. The van der Waals surface area contributed by atoms with Crippen LogP contribution in [0.25, 0.3) is 0 Å². The molecule has 0 heterocycles. The van der Waals surface area contributed by atoms with Crippen LogP contribution in [0.2, 0.25) is 0 Å². The van der Waals surface area contributed by atoms with Crippen molar-refractivity contribution in [1.82, 2.24) is 0 Å². The summed E-state index contributed by atoms with van der Waals surface area (Å²) in [5.41, 5.74) is 4.64. The lowest BCUT2D eigenvalue weighted by molar-refractivity contribution is -0.123. The van der Waals surface area contributed by atoms with E-state index in [1.807, 2.05) is 0 Å². The summed E-state index contributed by atoms with van der Waals surface area (Å²) >= 11 is 4.21. The Hall–Kier alpha value is -0.770. The van der Waals surface area contributed by atoms with Crippen molar-refractivity contribution in [2.75, 3.05) is 0 Å². The minimum atomic E-state index is -0.642. The lowest BCUT2D eigenvalue weighted by atomic mass is 10.3. The van der Waals surface area contributed by atoms with Crippen LogP contribution in [0.5, 0.6) is 0 Å². The van der Waals surface area contributed by atoms with Gasteiger partial charge >= 0.3 is 0 Å². The van der Waals surface area contributed by atoms with Gasteiger partial charge in [0.1, 0.15) is 0 Å². The number of thiocarbonyl (C=S) groups is 1. The van der Waals surface area contributed by atoms with E-state index in [2.05, 4.69) is 18.0 Å². The zero-order valence-corrected chi connectivity index (χ0v) is 4.90. The van der Waals surface area contributed by atoms with Crippen LogP contribution in [0.4, 0.5) is 0 Å². The zero-order chi connectivity index (χ0) is 6.57. The predicted molar refractivity (Wildman–Crippen MR) is 32.5 cm³/mol. The topological polar surface area (TPSA) is 60.2 Å². The summed E-state index contributed by atoms with van der Waals surface area (Å²) in [6, 6.07) is 0. The minimum absolute atomic E-state index is 0.274. The molecule has 0 saturated carbocycles. The van der Waals surface area contributed by atoms with E-state index in [1.165, 1.54) is 0 Å². The Morgan fingerprint density at radius 2 is 2.12 bits per heavy atom. The highest BCUT2D eigenvalue weighted by Crippen LogP contribution is 1.75. The Morgan fingerprint density at radius 3 is 2.25 bits per heavy atom. The van der Waals surface area contributed by atoms with Gasteiger partial charge in [0.15, 0.2) is 5.78 Å². The Morgan fingerprint density at radius 1 is 1.62 bits per heavy atom. The molecule has 0 aliphatic rings. The molecule has 0 aliphatic carbocycles. The highest BCUT2D eigenvalue weighted by Gasteiger charge is 1.99. The van der Waals surface area contributed by atoms with E-state index in [0.29, 0.717) is 0 Å². The molecule has 2 N–H and O–H groups in total. The van der Waals surface area contributed by atoms with Crippen molar-refractivity contribution in [3.63, 3.8) is 0 Å². The second-order valence-electron chi connectivity index (χ2n) is 1.23. The summed E-state index contributed by atoms with van der Waals surface area (Å²) in [6.45, 7) is 0. The lowest BCUT2D eigenvalue weighted by Crippen LogP contribution is -2.15. The van der Waals surface area contributed by atoms with E-state index in [-0.39, 0.29) is 6.42 Å². The molecule has 0 bridgehead atoms. The number of rotatable bonds is 3. The Bertz CT molecular complexity index is 132. The van der Waals surface area contributed by atoms with Gasteiger partial charge in [-0.3, -0.25) is 9.59 Å². The van der Waals surface area contributed by atoms with Crippen molar-refractivity contribution in [2.45, 2.75) is 6.42 Å². The summed E-state index contributed by atoms with van der Waals surface area (Å²) < 4.78 is 0. The standard InChI is InChI=1S/C4H5NO2S/c5-4(7)1-3(6)2-8/h2H,1H2,(H2,5,7). The smallest absolute Gasteiger partial charge is 0.225 e. The summed E-state index contributed by atoms with van der Waals surface area (Å²) in [7, 11) is 0. The first-order valence-electron chi connectivity index (χ1n) is 1.93. The molecular formula is C4H5NO2S. The normalized spacial score (nSPS) is 8.00. The van der Waals surface area contributed by atoms with Gasteiger partial charge in [0.2, 0.25) is 5.91 Å². The van der Waals surface area contributed by atoms with Crippen LogP contribution in [-0.4, -0.2) is 17.1 Å². The van der Waals surface area contributed by atoms with E-state index >= 15 is 0 Å². The van der Waals surface area contributed by atoms with Crippen molar-refractivity contribution < 1.29 is 9.59 Å².